The second-order valence-corrected chi connectivity index (χ2v) is 6.88. The minimum absolute atomic E-state index is 0. The first-order valence-corrected chi connectivity index (χ1v) is 8.58. The van der Waals surface area contributed by atoms with Crippen molar-refractivity contribution in [2.24, 2.45) is 4.99 Å². The Bertz CT molecular complexity index is 551. The van der Waals surface area contributed by atoms with Crippen LogP contribution in [0.25, 0.3) is 0 Å². The molecule has 3 N–H and O–H groups in total. The van der Waals surface area contributed by atoms with E-state index in [4.69, 9.17) is 9.26 Å². The van der Waals surface area contributed by atoms with E-state index in [1.807, 2.05) is 34.6 Å². The minimum atomic E-state index is -0.528. The van der Waals surface area contributed by atoms with Crippen molar-refractivity contribution in [1.82, 2.24) is 21.1 Å². The second-order valence-electron chi connectivity index (χ2n) is 6.88. The van der Waals surface area contributed by atoms with E-state index < -0.39 is 17.2 Å². The molecule has 1 heterocycles. The van der Waals surface area contributed by atoms with Gasteiger partial charge in [0.2, 0.25) is 0 Å². The monoisotopic (exact) mass is 481 g/mol. The Hall–Kier alpha value is -1.52. The van der Waals surface area contributed by atoms with Crippen LogP contribution in [-0.2, 0) is 11.3 Å². The summed E-state index contributed by atoms with van der Waals surface area (Å²) in [6, 6.07) is 1.78. The molecule has 0 saturated heterocycles. The van der Waals surface area contributed by atoms with Crippen molar-refractivity contribution < 1.29 is 14.1 Å². The van der Waals surface area contributed by atoms with Gasteiger partial charge in [-0.05, 0) is 33.6 Å². The van der Waals surface area contributed by atoms with Gasteiger partial charge in [-0.3, -0.25) is 4.99 Å². The van der Waals surface area contributed by atoms with Gasteiger partial charge in [-0.25, -0.2) is 4.79 Å². The molecular formula is C17H32IN5O3. The number of aromatic nitrogens is 1. The predicted molar refractivity (Wildman–Crippen MR) is 113 cm³/mol. The van der Waals surface area contributed by atoms with Gasteiger partial charge in [0, 0.05) is 19.7 Å². The normalized spacial score (nSPS) is 12.2. The van der Waals surface area contributed by atoms with Gasteiger partial charge in [0.15, 0.2) is 5.96 Å². The van der Waals surface area contributed by atoms with Crippen LogP contribution in [0.4, 0.5) is 4.79 Å². The highest BCUT2D eigenvalue weighted by Gasteiger charge is 2.30. The van der Waals surface area contributed by atoms with Gasteiger partial charge >= 0.3 is 6.09 Å². The SMILES string of the molecule is CCC(CC)(CNC(=NC)NCc1ccon1)NC(=O)OC(C)(C)C.I. The molecule has 0 fully saturated rings. The fourth-order valence-electron chi connectivity index (χ4n) is 2.22. The Morgan fingerprint density at radius 3 is 2.38 bits per heavy atom. The molecule has 0 aromatic carbocycles. The number of carbonyl (C=O) groups excluding carboxylic acids is 1. The highest BCUT2D eigenvalue weighted by Crippen LogP contribution is 2.16. The number of rotatable bonds is 7. The molecule has 0 aliphatic carbocycles. The summed E-state index contributed by atoms with van der Waals surface area (Å²) in [6.07, 6.45) is 2.63. The number of guanidine groups is 1. The van der Waals surface area contributed by atoms with Crippen molar-refractivity contribution in [3.8, 4) is 0 Å². The van der Waals surface area contributed by atoms with E-state index in [0.717, 1.165) is 18.5 Å². The van der Waals surface area contributed by atoms with Gasteiger partial charge in [0.1, 0.15) is 17.6 Å². The molecule has 9 heteroatoms. The molecule has 26 heavy (non-hydrogen) atoms. The molecule has 0 spiro atoms. The molecule has 1 aromatic rings. The summed E-state index contributed by atoms with van der Waals surface area (Å²) < 4.78 is 10.2. The van der Waals surface area contributed by atoms with Crippen LogP contribution in [0, 0.1) is 0 Å². The lowest BCUT2D eigenvalue weighted by atomic mass is 9.93. The predicted octanol–water partition coefficient (Wildman–Crippen LogP) is 3.04. The first-order valence-electron chi connectivity index (χ1n) is 8.58. The summed E-state index contributed by atoms with van der Waals surface area (Å²) >= 11 is 0. The van der Waals surface area contributed by atoms with Gasteiger partial charge in [0.25, 0.3) is 0 Å². The van der Waals surface area contributed by atoms with Crippen molar-refractivity contribution >= 4 is 36.0 Å². The average molecular weight is 481 g/mol. The molecule has 0 atom stereocenters. The van der Waals surface area contributed by atoms with Crippen molar-refractivity contribution in [2.75, 3.05) is 13.6 Å². The molecule has 150 valence electrons. The lowest BCUT2D eigenvalue weighted by molar-refractivity contribution is 0.0448. The number of hydrogen-bond acceptors (Lipinski definition) is 5. The lowest BCUT2D eigenvalue weighted by Gasteiger charge is -2.34. The van der Waals surface area contributed by atoms with Gasteiger partial charge in [-0.1, -0.05) is 19.0 Å². The number of halogens is 1. The maximum Gasteiger partial charge on any atom is 0.408 e. The second kappa shape index (κ2) is 11.2. The first-order chi connectivity index (χ1) is 11.7. The van der Waals surface area contributed by atoms with E-state index in [2.05, 4.69) is 26.1 Å². The Morgan fingerprint density at radius 2 is 1.92 bits per heavy atom. The van der Waals surface area contributed by atoms with Crippen LogP contribution in [0.5, 0.6) is 0 Å². The number of alkyl carbamates (subject to hydrolysis) is 1. The third-order valence-corrected chi connectivity index (χ3v) is 3.87. The van der Waals surface area contributed by atoms with Crippen LogP contribution in [-0.4, -0.2) is 41.9 Å². The van der Waals surface area contributed by atoms with Crippen LogP contribution in [0.2, 0.25) is 0 Å². The molecule has 1 rings (SSSR count). The van der Waals surface area contributed by atoms with Crippen LogP contribution >= 0.6 is 24.0 Å². The van der Waals surface area contributed by atoms with E-state index in [9.17, 15) is 4.79 Å². The van der Waals surface area contributed by atoms with Crippen molar-refractivity contribution in [3.63, 3.8) is 0 Å². The molecule has 1 aromatic heterocycles. The minimum Gasteiger partial charge on any atom is -0.444 e. The van der Waals surface area contributed by atoms with Crippen molar-refractivity contribution in [3.05, 3.63) is 18.0 Å². The van der Waals surface area contributed by atoms with Gasteiger partial charge in [-0.15, -0.1) is 24.0 Å². The molecule has 0 saturated carbocycles. The van der Waals surface area contributed by atoms with E-state index in [1.54, 1.807) is 13.1 Å². The number of nitrogens with zero attached hydrogens (tertiary/aromatic N) is 2. The summed E-state index contributed by atoms with van der Waals surface area (Å²) in [5, 5.41) is 13.3. The topological polar surface area (TPSA) is 101 Å². The van der Waals surface area contributed by atoms with E-state index in [-0.39, 0.29) is 24.0 Å². The summed E-state index contributed by atoms with van der Waals surface area (Å²) in [5.41, 5.74) is -0.166. The first kappa shape index (κ1) is 24.5. The molecule has 0 unspecified atom stereocenters. The zero-order chi connectivity index (χ0) is 18.9. The van der Waals surface area contributed by atoms with Crippen molar-refractivity contribution in [2.45, 2.75) is 65.1 Å². The van der Waals surface area contributed by atoms with Crippen LogP contribution < -0.4 is 16.0 Å². The molecular weight excluding hydrogens is 449 g/mol. The Morgan fingerprint density at radius 1 is 1.27 bits per heavy atom. The lowest BCUT2D eigenvalue weighted by Crippen LogP contribution is -2.57. The van der Waals surface area contributed by atoms with Gasteiger partial charge in [0.05, 0.1) is 12.1 Å². The Balaban J connectivity index is 0.00000625. The zero-order valence-electron chi connectivity index (χ0n) is 16.5. The maximum atomic E-state index is 12.2. The van der Waals surface area contributed by atoms with Gasteiger partial charge < -0.3 is 25.2 Å². The third kappa shape index (κ3) is 8.72. The van der Waals surface area contributed by atoms with E-state index in [0.29, 0.717) is 19.0 Å². The number of aliphatic imine (C=N–C) groups is 1. The molecule has 1 amide bonds. The van der Waals surface area contributed by atoms with Gasteiger partial charge in [-0.2, -0.15) is 0 Å². The van der Waals surface area contributed by atoms with E-state index >= 15 is 0 Å². The summed E-state index contributed by atoms with van der Waals surface area (Å²) in [5.74, 6) is 0.625. The average Bonchev–Trinajstić information content (AvgIpc) is 3.05. The molecule has 0 bridgehead atoms. The fraction of sp³-hybridized carbons (Fsp3) is 0.706. The highest BCUT2D eigenvalue weighted by atomic mass is 127. The quantitative estimate of drug-likeness (QED) is 0.315. The van der Waals surface area contributed by atoms with E-state index in [1.165, 1.54) is 6.26 Å². The smallest absolute Gasteiger partial charge is 0.408 e. The number of carbonyl (C=O) groups is 1. The van der Waals surface area contributed by atoms with Crippen molar-refractivity contribution in [1.29, 1.82) is 0 Å². The largest absolute Gasteiger partial charge is 0.444 e. The Kier molecular flexibility index (Phi) is 10.6. The van der Waals surface area contributed by atoms with Crippen LogP contribution in [0.1, 0.15) is 53.2 Å². The molecule has 0 aliphatic rings. The number of amides is 1. The third-order valence-electron chi connectivity index (χ3n) is 3.87. The fourth-order valence-corrected chi connectivity index (χ4v) is 2.22. The molecule has 0 aliphatic heterocycles. The Labute approximate surface area is 172 Å². The standard InChI is InChI=1S/C17H31N5O3.HI/c1-7-17(8-2,21-15(23)25-16(3,4)5)12-20-14(18-6)19-11-13-9-10-24-22-13;/h9-10H,7-8,11-12H2,1-6H3,(H,21,23)(H2,18,19,20);1H. The molecule has 0 radical (unpaired) electrons. The highest BCUT2D eigenvalue weighted by molar-refractivity contribution is 14.0. The van der Waals surface area contributed by atoms with Crippen LogP contribution in [0.15, 0.2) is 21.8 Å². The molecule has 8 nitrogen and oxygen atoms in total. The maximum absolute atomic E-state index is 12.2. The summed E-state index contributed by atoms with van der Waals surface area (Å²) in [6.45, 7) is 10.6. The number of hydrogen-bond donors (Lipinski definition) is 3. The summed E-state index contributed by atoms with van der Waals surface area (Å²) in [7, 11) is 1.69. The zero-order valence-corrected chi connectivity index (χ0v) is 18.8. The van der Waals surface area contributed by atoms with Crippen LogP contribution in [0.3, 0.4) is 0 Å². The summed E-state index contributed by atoms with van der Waals surface area (Å²) in [4.78, 5) is 16.4. The number of ether oxygens (including phenoxy) is 1. The number of nitrogens with one attached hydrogen (secondary N) is 3.